The Bertz CT molecular complexity index is 566. The first-order valence-corrected chi connectivity index (χ1v) is 7.22. The third-order valence-electron chi connectivity index (χ3n) is 3.64. The molecule has 1 unspecified atom stereocenters. The van der Waals surface area contributed by atoms with E-state index in [0.717, 1.165) is 5.56 Å². The van der Waals surface area contributed by atoms with E-state index in [1.165, 1.54) is 0 Å². The van der Waals surface area contributed by atoms with Crippen LogP contribution in [0.15, 0.2) is 60.7 Å². The van der Waals surface area contributed by atoms with Crippen LogP contribution in [0.1, 0.15) is 17.5 Å². The lowest BCUT2D eigenvalue weighted by atomic mass is 9.95. The molecule has 2 aromatic rings. The normalized spacial score (nSPS) is 14.2. The highest BCUT2D eigenvalue weighted by Crippen LogP contribution is 2.36. The monoisotopic (exact) mass is 322 g/mol. The maximum Gasteiger partial charge on any atom is 0.424 e. The first-order valence-electron chi connectivity index (χ1n) is 7.22. The summed E-state index contributed by atoms with van der Waals surface area (Å²) >= 11 is 0. The molecule has 0 saturated carbocycles. The topological polar surface area (TPSA) is 26.3 Å². The lowest BCUT2D eigenvalue weighted by Gasteiger charge is -2.30. The Morgan fingerprint density at radius 3 is 1.87 bits per heavy atom. The average Bonchev–Trinajstić information content (AvgIpc) is 2.56. The van der Waals surface area contributed by atoms with Crippen molar-refractivity contribution in [3.8, 4) is 0 Å². The summed E-state index contributed by atoms with van der Waals surface area (Å²) in [6, 6.07) is 17.2. The molecule has 1 atom stereocenters. The van der Waals surface area contributed by atoms with Crippen molar-refractivity contribution < 1.29 is 22.7 Å². The summed E-state index contributed by atoms with van der Waals surface area (Å²) in [6.45, 7) is -0.270. The van der Waals surface area contributed by atoms with Gasteiger partial charge >= 0.3 is 6.18 Å². The number of benzene rings is 2. The zero-order valence-corrected chi connectivity index (χ0v) is 12.4. The van der Waals surface area contributed by atoms with Crippen molar-refractivity contribution in [3.05, 3.63) is 71.8 Å². The fraction of sp³-hybridized carbons (Fsp3) is 0.278. The van der Waals surface area contributed by atoms with Gasteiger partial charge in [0, 0.05) is 0 Å². The van der Waals surface area contributed by atoms with Crippen LogP contribution in [0.4, 0.5) is 13.2 Å². The Kier molecular flexibility index (Phi) is 5.55. The van der Waals surface area contributed by atoms with Crippen molar-refractivity contribution >= 4 is 6.29 Å². The van der Waals surface area contributed by atoms with E-state index in [1.807, 2.05) is 0 Å². The summed E-state index contributed by atoms with van der Waals surface area (Å²) in [7, 11) is 0. The van der Waals surface area contributed by atoms with Crippen LogP contribution in [0.25, 0.3) is 0 Å². The highest BCUT2D eigenvalue weighted by atomic mass is 19.4. The van der Waals surface area contributed by atoms with Crippen LogP contribution in [0.5, 0.6) is 0 Å². The molecule has 0 heterocycles. The molecular weight excluding hydrogens is 305 g/mol. The number of halogens is 3. The van der Waals surface area contributed by atoms with Gasteiger partial charge in [-0.2, -0.15) is 13.2 Å². The summed E-state index contributed by atoms with van der Waals surface area (Å²) in [4.78, 5) is 11.3. The minimum Gasteiger partial charge on any atom is -0.354 e. The Labute approximate surface area is 132 Å². The van der Waals surface area contributed by atoms with Crippen molar-refractivity contribution in [2.45, 2.75) is 31.2 Å². The number of hydrogen-bond acceptors (Lipinski definition) is 2. The highest BCUT2D eigenvalue weighted by molar-refractivity contribution is 5.64. The Morgan fingerprint density at radius 2 is 1.39 bits per heavy atom. The lowest BCUT2D eigenvalue weighted by molar-refractivity contribution is -0.266. The fourth-order valence-corrected chi connectivity index (χ4v) is 2.22. The molecule has 0 aliphatic heterocycles. The molecule has 5 heteroatoms. The molecule has 23 heavy (non-hydrogen) atoms. The molecule has 2 rings (SSSR count). The first kappa shape index (κ1) is 17.2. The van der Waals surface area contributed by atoms with E-state index in [-0.39, 0.29) is 19.3 Å². The number of alkyl halides is 3. The van der Waals surface area contributed by atoms with Crippen LogP contribution in [-0.4, -0.2) is 18.1 Å². The smallest absolute Gasteiger partial charge is 0.354 e. The predicted octanol–water partition coefficient (Wildman–Crippen LogP) is 4.34. The Balaban J connectivity index is 2.13. The van der Waals surface area contributed by atoms with E-state index in [4.69, 9.17) is 4.74 Å². The molecule has 122 valence electrons. The van der Waals surface area contributed by atoms with Gasteiger partial charge in [-0.25, -0.2) is 0 Å². The number of aryl methyl sites for hydroxylation is 1. The number of hydrogen-bond donors (Lipinski definition) is 0. The number of aldehydes is 1. The van der Waals surface area contributed by atoms with Crippen molar-refractivity contribution in [3.63, 3.8) is 0 Å². The molecule has 0 bridgehead atoms. The largest absolute Gasteiger partial charge is 0.424 e. The quantitative estimate of drug-likeness (QED) is 0.709. The SMILES string of the molecule is O=CC(CCc1ccccc1)(OCc1ccccc1)C(F)(F)F. The van der Waals surface area contributed by atoms with Gasteiger partial charge in [-0.3, -0.25) is 4.79 Å². The van der Waals surface area contributed by atoms with E-state index in [2.05, 4.69) is 0 Å². The van der Waals surface area contributed by atoms with Crippen LogP contribution in [0.2, 0.25) is 0 Å². The maximum atomic E-state index is 13.4. The van der Waals surface area contributed by atoms with E-state index in [1.54, 1.807) is 60.7 Å². The molecular formula is C18H17F3O2. The van der Waals surface area contributed by atoms with Crippen LogP contribution in [0.3, 0.4) is 0 Å². The molecule has 0 saturated heterocycles. The third kappa shape index (κ3) is 4.42. The van der Waals surface area contributed by atoms with Gasteiger partial charge in [0.2, 0.25) is 5.60 Å². The zero-order valence-electron chi connectivity index (χ0n) is 12.4. The summed E-state index contributed by atoms with van der Waals surface area (Å²) in [5.74, 6) is 0. The van der Waals surface area contributed by atoms with Crippen molar-refractivity contribution in [2.24, 2.45) is 0 Å². The molecule has 0 fully saturated rings. The maximum absolute atomic E-state index is 13.4. The minimum absolute atomic E-state index is 0.105. The van der Waals surface area contributed by atoms with Gasteiger partial charge in [0.25, 0.3) is 0 Å². The highest BCUT2D eigenvalue weighted by Gasteiger charge is 2.56. The minimum atomic E-state index is -4.77. The van der Waals surface area contributed by atoms with Crippen LogP contribution < -0.4 is 0 Å². The molecule has 0 amide bonds. The predicted molar refractivity (Wildman–Crippen MR) is 80.8 cm³/mol. The van der Waals surface area contributed by atoms with Crippen molar-refractivity contribution in [1.29, 1.82) is 0 Å². The van der Waals surface area contributed by atoms with Gasteiger partial charge in [-0.1, -0.05) is 60.7 Å². The molecule has 0 N–H and O–H groups in total. The van der Waals surface area contributed by atoms with Gasteiger partial charge in [0.05, 0.1) is 6.61 Å². The second kappa shape index (κ2) is 7.42. The van der Waals surface area contributed by atoms with Crippen LogP contribution in [0, 0.1) is 0 Å². The van der Waals surface area contributed by atoms with Gasteiger partial charge < -0.3 is 4.74 Å². The van der Waals surface area contributed by atoms with Gasteiger partial charge in [0.1, 0.15) is 0 Å². The summed E-state index contributed by atoms with van der Waals surface area (Å²) in [5.41, 5.74) is -1.48. The molecule has 0 aliphatic carbocycles. The summed E-state index contributed by atoms with van der Waals surface area (Å²) < 4.78 is 45.3. The van der Waals surface area contributed by atoms with Gasteiger partial charge in [0.15, 0.2) is 6.29 Å². The van der Waals surface area contributed by atoms with E-state index in [9.17, 15) is 18.0 Å². The van der Waals surface area contributed by atoms with Crippen molar-refractivity contribution in [1.82, 2.24) is 0 Å². The molecule has 0 aromatic heterocycles. The Hall–Kier alpha value is -2.14. The van der Waals surface area contributed by atoms with E-state index >= 15 is 0 Å². The summed E-state index contributed by atoms with van der Waals surface area (Å²) in [6.07, 6.45) is -5.23. The van der Waals surface area contributed by atoms with Crippen molar-refractivity contribution in [2.75, 3.05) is 0 Å². The molecule has 0 aliphatic rings. The average molecular weight is 322 g/mol. The number of carbonyl (C=O) groups excluding carboxylic acids is 1. The van der Waals surface area contributed by atoms with Crippen LogP contribution >= 0.6 is 0 Å². The standard InChI is InChI=1S/C18H17F3O2/c19-18(20,21)17(14-22,12-11-15-7-3-1-4-8-15)23-13-16-9-5-2-6-10-16/h1-10,14H,11-13H2. The molecule has 0 radical (unpaired) electrons. The molecule has 2 aromatic carbocycles. The second-order valence-electron chi connectivity index (χ2n) is 5.26. The van der Waals surface area contributed by atoms with E-state index in [0.29, 0.717) is 5.56 Å². The van der Waals surface area contributed by atoms with Gasteiger partial charge in [-0.05, 0) is 24.0 Å². The third-order valence-corrected chi connectivity index (χ3v) is 3.64. The number of carbonyl (C=O) groups is 1. The second-order valence-corrected chi connectivity index (χ2v) is 5.26. The molecule has 2 nitrogen and oxygen atoms in total. The fourth-order valence-electron chi connectivity index (χ4n) is 2.22. The first-order chi connectivity index (χ1) is 11.0. The lowest BCUT2D eigenvalue weighted by Crippen LogP contribution is -2.49. The summed E-state index contributed by atoms with van der Waals surface area (Å²) in [5, 5.41) is 0. The Morgan fingerprint density at radius 1 is 0.870 bits per heavy atom. The number of ether oxygens (including phenoxy) is 1. The van der Waals surface area contributed by atoms with E-state index < -0.39 is 18.2 Å². The molecule has 0 spiro atoms. The van der Waals surface area contributed by atoms with Crippen LogP contribution in [-0.2, 0) is 22.6 Å². The number of rotatable bonds is 7. The van der Waals surface area contributed by atoms with Gasteiger partial charge in [-0.15, -0.1) is 0 Å². The zero-order chi connectivity index (χ0) is 16.8.